The zero-order valence-corrected chi connectivity index (χ0v) is 12.2. The minimum absolute atomic E-state index is 0.404. The third-order valence-electron chi connectivity index (χ3n) is 2.69. The minimum Gasteiger partial charge on any atom is -0.216 e. The van der Waals surface area contributed by atoms with Crippen LogP contribution in [0.3, 0.4) is 0 Å². The van der Waals surface area contributed by atoms with Crippen LogP contribution in [-0.2, 0) is 6.42 Å². The van der Waals surface area contributed by atoms with Crippen LogP contribution in [0, 0.1) is 6.92 Å². The Labute approximate surface area is 121 Å². The number of halogens is 3. The third kappa shape index (κ3) is 2.61. The Hall–Kier alpha value is -0.830. The summed E-state index contributed by atoms with van der Waals surface area (Å²) in [4.78, 5) is 8.58. The molecule has 0 radical (unpaired) electrons. The predicted molar refractivity (Wildman–Crippen MR) is 76.6 cm³/mol. The van der Waals surface area contributed by atoms with Crippen molar-refractivity contribution in [3.05, 3.63) is 44.7 Å². The zero-order chi connectivity index (χ0) is 13.3. The molecule has 94 valence electrons. The quantitative estimate of drug-likeness (QED) is 0.731. The smallest absolute Gasteiger partial charge is 0.162 e. The van der Waals surface area contributed by atoms with Gasteiger partial charge in [0.05, 0.1) is 0 Å². The molecule has 0 saturated heterocycles. The van der Waals surface area contributed by atoms with E-state index < -0.39 is 0 Å². The summed E-state index contributed by atoms with van der Waals surface area (Å²) < 4.78 is 0. The lowest BCUT2D eigenvalue weighted by Crippen LogP contribution is -1.97. The number of aryl methyl sites for hydroxylation is 1. The Morgan fingerprint density at radius 2 is 1.67 bits per heavy atom. The molecule has 0 bridgehead atoms. The van der Waals surface area contributed by atoms with Crippen molar-refractivity contribution in [2.45, 2.75) is 20.3 Å². The van der Waals surface area contributed by atoms with Crippen LogP contribution < -0.4 is 0 Å². The molecular weight excluding hydrogens is 291 g/mol. The Balaban J connectivity index is 2.58. The number of hydrogen-bond acceptors (Lipinski definition) is 2. The SMILES string of the molecule is CCc1c(Cl)nc(-c2ccc(Cl)cc2C)nc1Cl. The molecular formula is C13H11Cl3N2. The van der Waals surface area contributed by atoms with E-state index >= 15 is 0 Å². The molecule has 18 heavy (non-hydrogen) atoms. The van der Waals surface area contributed by atoms with Gasteiger partial charge < -0.3 is 0 Å². The molecule has 0 aliphatic rings. The first-order chi connectivity index (χ1) is 8.52. The van der Waals surface area contributed by atoms with E-state index in [9.17, 15) is 0 Å². The van der Waals surface area contributed by atoms with Gasteiger partial charge in [-0.2, -0.15) is 0 Å². The van der Waals surface area contributed by atoms with Gasteiger partial charge in [0.25, 0.3) is 0 Å². The Kier molecular flexibility index (Phi) is 4.10. The highest BCUT2D eigenvalue weighted by Crippen LogP contribution is 2.28. The first kappa shape index (κ1) is 13.6. The summed E-state index contributed by atoms with van der Waals surface area (Å²) in [6.45, 7) is 3.91. The first-order valence-corrected chi connectivity index (χ1v) is 6.64. The lowest BCUT2D eigenvalue weighted by molar-refractivity contribution is 1.05. The van der Waals surface area contributed by atoms with Crippen molar-refractivity contribution in [3.63, 3.8) is 0 Å². The molecule has 0 unspecified atom stereocenters. The molecule has 1 heterocycles. The Morgan fingerprint density at radius 1 is 1.06 bits per heavy atom. The molecule has 1 aromatic carbocycles. The number of benzene rings is 1. The summed E-state index contributed by atoms with van der Waals surface area (Å²) in [6, 6.07) is 5.52. The van der Waals surface area contributed by atoms with Crippen molar-refractivity contribution in [2.75, 3.05) is 0 Å². The van der Waals surface area contributed by atoms with Gasteiger partial charge >= 0.3 is 0 Å². The van der Waals surface area contributed by atoms with Crippen LogP contribution in [0.5, 0.6) is 0 Å². The average molecular weight is 302 g/mol. The molecule has 1 aromatic heterocycles. The molecule has 0 atom stereocenters. The van der Waals surface area contributed by atoms with Crippen LogP contribution in [0.4, 0.5) is 0 Å². The standard InChI is InChI=1S/C13H11Cl3N2/c1-3-9-11(15)17-13(18-12(9)16)10-5-4-8(14)6-7(10)2/h4-6H,3H2,1-2H3. The van der Waals surface area contributed by atoms with E-state index in [0.717, 1.165) is 16.7 Å². The van der Waals surface area contributed by atoms with Crippen LogP contribution in [-0.4, -0.2) is 9.97 Å². The van der Waals surface area contributed by atoms with E-state index in [1.807, 2.05) is 26.0 Å². The van der Waals surface area contributed by atoms with Crippen molar-refractivity contribution in [3.8, 4) is 11.4 Å². The number of hydrogen-bond donors (Lipinski definition) is 0. The zero-order valence-electron chi connectivity index (χ0n) is 9.97. The molecule has 5 heteroatoms. The second-order valence-electron chi connectivity index (χ2n) is 3.92. The van der Waals surface area contributed by atoms with E-state index in [1.54, 1.807) is 6.07 Å². The fourth-order valence-electron chi connectivity index (χ4n) is 1.72. The molecule has 0 aliphatic heterocycles. The van der Waals surface area contributed by atoms with E-state index in [2.05, 4.69) is 9.97 Å². The molecule has 0 aliphatic carbocycles. The van der Waals surface area contributed by atoms with Crippen molar-refractivity contribution in [1.82, 2.24) is 9.97 Å². The van der Waals surface area contributed by atoms with Crippen LogP contribution in [0.1, 0.15) is 18.1 Å². The van der Waals surface area contributed by atoms with Crippen molar-refractivity contribution < 1.29 is 0 Å². The highest BCUT2D eigenvalue weighted by Gasteiger charge is 2.12. The lowest BCUT2D eigenvalue weighted by atomic mass is 10.1. The van der Waals surface area contributed by atoms with Crippen LogP contribution in [0.25, 0.3) is 11.4 Å². The number of nitrogens with zero attached hydrogens (tertiary/aromatic N) is 2. The van der Waals surface area contributed by atoms with Gasteiger partial charge in [-0.05, 0) is 37.1 Å². The highest BCUT2D eigenvalue weighted by atomic mass is 35.5. The Morgan fingerprint density at radius 3 is 2.17 bits per heavy atom. The Bertz CT molecular complexity index is 574. The molecule has 2 nitrogen and oxygen atoms in total. The van der Waals surface area contributed by atoms with Crippen molar-refractivity contribution in [2.24, 2.45) is 0 Å². The van der Waals surface area contributed by atoms with E-state index in [-0.39, 0.29) is 0 Å². The summed E-state index contributed by atoms with van der Waals surface area (Å²) in [5.41, 5.74) is 2.64. The summed E-state index contributed by atoms with van der Waals surface area (Å²) in [5, 5.41) is 1.49. The maximum Gasteiger partial charge on any atom is 0.162 e. The van der Waals surface area contributed by atoms with E-state index in [0.29, 0.717) is 27.6 Å². The molecule has 0 amide bonds. The third-order valence-corrected chi connectivity index (χ3v) is 3.55. The molecule has 0 spiro atoms. The van der Waals surface area contributed by atoms with Crippen LogP contribution in [0.2, 0.25) is 15.3 Å². The summed E-state index contributed by atoms with van der Waals surface area (Å²) in [6.07, 6.45) is 0.706. The summed E-state index contributed by atoms with van der Waals surface area (Å²) >= 11 is 18.1. The average Bonchev–Trinajstić information content (AvgIpc) is 2.28. The predicted octanol–water partition coefficient (Wildman–Crippen LogP) is 4.97. The van der Waals surface area contributed by atoms with Crippen molar-refractivity contribution >= 4 is 34.8 Å². The molecule has 2 aromatic rings. The van der Waals surface area contributed by atoms with Crippen LogP contribution in [0.15, 0.2) is 18.2 Å². The van der Waals surface area contributed by atoms with Gasteiger partial charge in [-0.25, -0.2) is 9.97 Å². The molecule has 0 fully saturated rings. The molecule has 0 saturated carbocycles. The summed E-state index contributed by atoms with van der Waals surface area (Å²) in [7, 11) is 0. The van der Waals surface area contributed by atoms with E-state index in [4.69, 9.17) is 34.8 Å². The molecule has 2 rings (SSSR count). The molecule has 0 N–H and O–H groups in total. The van der Waals surface area contributed by atoms with E-state index in [1.165, 1.54) is 0 Å². The monoisotopic (exact) mass is 300 g/mol. The highest BCUT2D eigenvalue weighted by molar-refractivity contribution is 6.34. The van der Waals surface area contributed by atoms with Gasteiger partial charge in [0.15, 0.2) is 5.82 Å². The van der Waals surface area contributed by atoms with Gasteiger partial charge in [0.2, 0.25) is 0 Å². The topological polar surface area (TPSA) is 25.8 Å². The second-order valence-corrected chi connectivity index (χ2v) is 5.07. The number of rotatable bonds is 2. The fraction of sp³-hybridized carbons (Fsp3) is 0.231. The largest absolute Gasteiger partial charge is 0.216 e. The van der Waals surface area contributed by atoms with Gasteiger partial charge in [-0.15, -0.1) is 0 Å². The normalized spacial score (nSPS) is 10.7. The second kappa shape index (κ2) is 5.43. The maximum absolute atomic E-state index is 6.11. The first-order valence-electron chi connectivity index (χ1n) is 5.51. The van der Waals surface area contributed by atoms with Crippen molar-refractivity contribution in [1.29, 1.82) is 0 Å². The fourth-order valence-corrected chi connectivity index (χ4v) is 2.60. The van der Waals surface area contributed by atoms with Gasteiger partial charge in [0, 0.05) is 16.1 Å². The summed E-state index contributed by atoms with van der Waals surface area (Å²) in [5.74, 6) is 0.524. The number of aromatic nitrogens is 2. The van der Waals surface area contributed by atoms with Gasteiger partial charge in [0.1, 0.15) is 10.3 Å². The van der Waals surface area contributed by atoms with Gasteiger partial charge in [-0.3, -0.25) is 0 Å². The lowest BCUT2D eigenvalue weighted by Gasteiger charge is -2.08. The van der Waals surface area contributed by atoms with Gasteiger partial charge in [-0.1, -0.05) is 41.7 Å². The minimum atomic E-state index is 0.404. The maximum atomic E-state index is 6.11. The van der Waals surface area contributed by atoms with Crippen LogP contribution >= 0.6 is 34.8 Å².